The normalized spacial score (nSPS) is 31.5. The molecule has 3 atom stereocenters. The second-order valence-electron chi connectivity index (χ2n) is 3.75. The minimum absolute atomic E-state index is 0.0512. The minimum Gasteiger partial charge on any atom is -0.396 e. The van der Waals surface area contributed by atoms with Gasteiger partial charge in [-0.15, -0.1) is 0 Å². The summed E-state index contributed by atoms with van der Waals surface area (Å²) in [5.74, 6) is 0. The smallest absolute Gasteiger partial charge is 0.151 e. The highest BCUT2D eigenvalue weighted by Crippen LogP contribution is 2.29. The third kappa shape index (κ3) is 3.25. The molecule has 0 aromatic carbocycles. The Morgan fingerprint density at radius 2 is 2.00 bits per heavy atom. The van der Waals surface area contributed by atoms with Gasteiger partial charge >= 0.3 is 0 Å². The molecule has 0 radical (unpaired) electrons. The van der Waals surface area contributed by atoms with Gasteiger partial charge < -0.3 is 25.2 Å². The molecular weight excluding hydrogens is 200 g/mol. The third-order valence-corrected chi connectivity index (χ3v) is 2.59. The fourth-order valence-electron chi connectivity index (χ4n) is 1.71. The van der Waals surface area contributed by atoms with Crippen LogP contribution in [0.15, 0.2) is 12.2 Å². The Hall–Kier alpha value is -0.460. The minimum atomic E-state index is -1.37. The number of rotatable bonds is 5. The zero-order chi connectivity index (χ0) is 11.4. The molecule has 1 aliphatic rings. The first-order chi connectivity index (χ1) is 7.06. The average molecular weight is 218 g/mol. The standard InChI is InChI=1S/C10H18O5/c1-6-7(2-3-9(12)13)15-8(4-5-11)10(6)14/h7-14H,1-5H2/t7-,8-,10-/m0/s1. The Labute approximate surface area is 88.6 Å². The van der Waals surface area contributed by atoms with Gasteiger partial charge in [0.25, 0.3) is 0 Å². The van der Waals surface area contributed by atoms with Crippen molar-refractivity contribution >= 4 is 0 Å². The molecule has 15 heavy (non-hydrogen) atoms. The number of hydrogen-bond donors (Lipinski definition) is 4. The molecule has 0 aromatic rings. The van der Waals surface area contributed by atoms with E-state index in [1.807, 2.05) is 0 Å². The highest BCUT2D eigenvalue weighted by molar-refractivity contribution is 5.16. The van der Waals surface area contributed by atoms with Crippen molar-refractivity contribution in [3.8, 4) is 0 Å². The first-order valence-electron chi connectivity index (χ1n) is 5.05. The van der Waals surface area contributed by atoms with Gasteiger partial charge in [0.2, 0.25) is 0 Å². The van der Waals surface area contributed by atoms with E-state index in [0.29, 0.717) is 18.4 Å². The van der Waals surface area contributed by atoms with Crippen molar-refractivity contribution in [1.29, 1.82) is 0 Å². The zero-order valence-corrected chi connectivity index (χ0v) is 8.54. The van der Waals surface area contributed by atoms with Gasteiger partial charge in [0.1, 0.15) is 6.10 Å². The molecule has 1 aliphatic heterocycles. The van der Waals surface area contributed by atoms with Gasteiger partial charge in [-0.1, -0.05) is 6.58 Å². The van der Waals surface area contributed by atoms with Gasteiger partial charge in [-0.3, -0.25) is 0 Å². The van der Waals surface area contributed by atoms with Crippen LogP contribution in [0.25, 0.3) is 0 Å². The van der Waals surface area contributed by atoms with E-state index >= 15 is 0 Å². The van der Waals surface area contributed by atoms with E-state index in [-0.39, 0.29) is 19.1 Å². The van der Waals surface area contributed by atoms with Crippen LogP contribution in [-0.4, -0.2) is 51.6 Å². The molecule has 0 amide bonds. The lowest BCUT2D eigenvalue weighted by Gasteiger charge is -2.13. The maximum atomic E-state index is 9.66. The Morgan fingerprint density at radius 1 is 1.33 bits per heavy atom. The second-order valence-corrected chi connectivity index (χ2v) is 3.75. The summed E-state index contributed by atoms with van der Waals surface area (Å²) >= 11 is 0. The molecule has 0 spiro atoms. The van der Waals surface area contributed by atoms with Crippen LogP contribution in [0.5, 0.6) is 0 Å². The summed E-state index contributed by atoms with van der Waals surface area (Å²) < 4.78 is 5.44. The van der Waals surface area contributed by atoms with Crippen molar-refractivity contribution in [3.63, 3.8) is 0 Å². The van der Waals surface area contributed by atoms with Gasteiger partial charge in [0, 0.05) is 13.0 Å². The van der Waals surface area contributed by atoms with Crippen LogP contribution in [0.3, 0.4) is 0 Å². The van der Waals surface area contributed by atoms with E-state index in [0.717, 1.165) is 0 Å². The number of hydrogen-bond acceptors (Lipinski definition) is 5. The summed E-state index contributed by atoms with van der Waals surface area (Å²) in [6, 6.07) is 0. The lowest BCUT2D eigenvalue weighted by molar-refractivity contribution is -0.0595. The maximum Gasteiger partial charge on any atom is 0.151 e. The summed E-state index contributed by atoms with van der Waals surface area (Å²) in [5.41, 5.74) is 0.550. The average Bonchev–Trinajstić information content (AvgIpc) is 2.44. The first kappa shape index (κ1) is 12.6. The van der Waals surface area contributed by atoms with Crippen molar-refractivity contribution in [2.75, 3.05) is 6.61 Å². The van der Waals surface area contributed by atoms with E-state index in [9.17, 15) is 5.11 Å². The van der Waals surface area contributed by atoms with Crippen molar-refractivity contribution in [2.45, 2.75) is 43.9 Å². The summed E-state index contributed by atoms with van der Waals surface area (Å²) in [7, 11) is 0. The summed E-state index contributed by atoms with van der Waals surface area (Å²) in [6.45, 7) is 3.66. The summed E-state index contributed by atoms with van der Waals surface area (Å²) in [4.78, 5) is 0. The van der Waals surface area contributed by atoms with Crippen molar-refractivity contribution in [1.82, 2.24) is 0 Å². The molecular formula is C10H18O5. The number of ether oxygens (including phenoxy) is 1. The molecule has 1 rings (SSSR count). The van der Waals surface area contributed by atoms with Gasteiger partial charge in [-0.2, -0.15) is 0 Å². The predicted octanol–water partition coefficient (Wildman–Crippen LogP) is -0.856. The van der Waals surface area contributed by atoms with Crippen LogP contribution >= 0.6 is 0 Å². The van der Waals surface area contributed by atoms with Gasteiger partial charge in [0.15, 0.2) is 6.29 Å². The van der Waals surface area contributed by atoms with Crippen LogP contribution in [0, 0.1) is 0 Å². The topological polar surface area (TPSA) is 90.2 Å². The van der Waals surface area contributed by atoms with E-state index in [1.165, 1.54) is 0 Å². The Morgan fingerprint density at radius 3 is 2.53 bits per heavy atom. The van der Waals surface area contributed by atoms with E-state index in [4.69, 9.17) is 20.1 Å². The zero-order valence-electron chi connectivity index (χ0n) is 8.54. The van der Waals surface area contributed by atoms with Crippen LogP contribution in [0.1, 0.15) is 19.3 Å². The maximum absolute atomic E-state index is 9.66. The quantitative estimate of drug-likeness (QED) is 0.356. The molecule has 88 valence electrons. The Bertz CT molecular complexity index is 216. The molecule has 1 saturated heterocycles. The molecule has 5 nitrogen and oxygen atoms in total. The summed E-state index contributed by atoms with van der Waals surface area (Å²) in [6.07, 6.45) is -1.95. The molecule has 1 heterocycles. The SMILES string of the molecule is C=C1[C@H](CCC(O)O)O[C@@H](CCO)[C@H]1O. The van der Waals surface area contributed by atoms with Crippen LogP contribution in [0.2, 0.25) is 0 Å². The molecule has 0 saturated carbocycles. The molecule has 5 heteroatoms. The van der Waals surface area contributed by atoms with Crippen LogP contribution in [-0.2, 0) is 4.74 Å². The number of aliphatic hydroxyl groups excluding tert-OH is 3. The van der Waals surface area contributed by atoms with Crippen LogP contribution in [0.4, 0.5) is 0 Å². The van der Waals surface area contributed by atoms with Crippen molar-refractivity contribution in [2.24, 2.45) is 0 Å². The lowest BCUT2D eigenvalue weighted by atomic mass is 10.0. The van der Waals surface area contributed by atoms with E-state index < -0.39 is 18.5 Å². The highest BCUT2D eigenvalue weighted by atomic mass is 16.5. The fraction of sp³-hybridized carbons (Fsp3) is 0.800. The monoisotopic (exact) mass is 218 g/mol. The molecule has 0 aromatic heterocycles. The van der Waals surface area contributed by atoms with Gasteiger partial charge in [-0.05, 0) is 18.4 Å². The van der Waals surface area contributed by atoms with Crippen molar-refractivity contribution < 1.29 is 25.2 Å². The molecule has 0 aliphatic carbocycles. The lowest BCUT2D eigenvalue weighted by Crippen LogP contribution is -2.22. The molecule has 0 unspecified atom stereocenters. The summed E-state index contributed by atoms with van der Waals surface area (Å²) in [5, 5.41) is 35.8. The van der Waals surface area contributed by atoms with Gasteiger partial charge in [-0.25, -0.2) is 0 Å². The van der Waals surface area contributed by atoms with E-state index in [2.05, 4.69) is 6.58 Å². The highest BCUT2D eigenvalue weighted by Gasteiger charge is 2.36. The molecule has 4 N–H and O–H groups in total. The Kier molecular flexibility index (Phi) is 4.69. The van der Waals surface area contributed by atoms with E-state index in [1.54, 1.807) is 0 Å². The predicted molar refractivity (Wildman–Crippen MR) is 53.0 cm³/mol. The first-order valence-corrected chi connectivity index (χ1v) is 5.05. The third-order valence-electron chi connectivity index (χ3n) is 2.59. The molecule has 1 fully saturated rings. The molecule has 0 bridgehead atoms. The fourth-order valence-corrected chi connectivity index (χ4v) is 1.71. The largest absolute Gasteiger partial charge is 0.396 e. The van der Waals surface area contributed by atoms with Gasteiger partial charge in [0.05, 0.1) is 12.2 Å². The number of aliphatic hydroxyl groups is 4. The van der Waals surface area contributed by atoms with Crippen LogP contribution < -0.4 is 0 Å². The second kappa shape index (κ2) is 5.58. The Balaban J connectivity index is 2.44. The van der Waals surface area contributed by atoms with Crippen molar-refractivity contribution in [3.05, 3.63) is 12.2 Å².